The van der Waals surface area contributed by atoms with Gasteiger partial charge in [0.1, 0.15) is 11.9 Å². The molecule has 0 saturated carbocycles. The molecule has 0 unspecified atom stereocenters. The molecule has 2 aliphatic heterocycles. The number of aryl methyl sites for hydroxylation is 1. The van der Waals surface area contributed by atoms with Crippen LogP contribution in [0.2, 0.25) is 0 Å². The van der Waals surface area contributed by atoms with Gasteiger partial charge in [0.15, 0.2) is 0 Å². The van der Waals surface area contributed by atoms with Crippen molar-refractivity contribution >= 4 is 28.4 Å². The number of amides is 3. The van der Waals surface area contributed by atoms with E-state index in [1.165, 1.54) is 15.8 Å². The quantitative estimate of drug-likeness (QED) is 0.313. The highest BCUT2D eigenvalue weighted by Crippen LogP contribution is 2.45. The van der Waals surface area contributed by atoms with Crippen LogP contribution in [0.1, 0.15) is 29.8 Å². The molecule has 2 bridgehead atoms. The van der Waals surface area contributed by atoms with E-state index in [1.54, 1.807) is 7.05 Å². The molecule has 1 fully saturated rings. The first-order chi connectivity index (χ1) is 11.6. The molecule has 0 spiro atoms. The second-order valence-electron chi connectivity index (χ2n) is 5.52. The molecule has 1 aromatic heterocycles. The lowest BCUT2D eigenvalue weighted by Gasteiger charge is -2.31. The van der Waals surface area contributed by atoms with Crippen molar-refractivity contribution in [2.24, 2.45) is 7.05 Å². The van der Waals surface area contributed by atoms with Gasteiger partial charge in [-0.1, -0.05) is 0 Å². The summed E-state index contributed by atoms with van der Waals surface area (Å²) in [6, 6.07) is -2.39. The van der Waals surface area contributed by atoms with Gasteiger partial charge in [-0.15, -0.1) is 4.28 Å². The van der Waals surface area contributed by atoms with Crippen molar-refractivity contribution in [3.05, 3.63) is 17.5 Å². The van der Waals surface area contributed by atoms with Crippen LogP contribution in [0.4, 0.5) is 9.59 Å². The molecule has 3 rings (SSSR count). The Labute approximate surface area is 141 Å². The zero-order valence-electron chi connectivity index (χ0n) is 12.8. The third-order valence-electron chi connectivity index (χ3n) is 3.98. The van der Waals surface area contributed by atoms with Crippen molar-refractivity contribution < 1.29 is 31.9 Å². The highest BCUT2D eigenvalue weighted by Gasteiger charge is 2.51. The van der Waals surface area contributed by atoms with Gasteiger partial charge in [-0.25, -0.2) is 9.59 Å². The maximum Gasteiger partial charge on any atom is 0.418 e. The third kappa shape index (κ3) is 3.01. The minimum Gasteiger partial charge on any atom is -0.465 e. The van der Waals surface area contributed by atoms with E-state index in [0.29, 0.717) is 16.3 Å². The molecule has 0 aliphatic carbocycles. The highest BCUT2D eigenvalue weighted by molar-refractivity contribution is 7.80. The molecule has 25 heavy (non-hydrogen) atoms. The molecule has 3 amide bonds. The topological polar surface area (TPSA) is 178 Å². The first-order valence-corrected chi connectivity index (χ1v) is 8.31. The Morgan fingerprint density at radius 1 is 1.56 bits per heavy atom. The van der Waals surface area contributed by atoms with Gasteiger partial charge < -0.3 is 10.0 Å². The van der Waals surface area contributed by atoms with Crippen molar-refractivity contribution in [1.29, 1.82) is 5.41 Å². The Kier molecular flexibility index (Phi) is 3.89. The summed E-state index contributed by atoms with van der Waals surface area (Å²) in [4.78, 5) is 24.4. The normalized spacial score (nSPS) is 22.1. The fourth-order valence-electron chi connectivity index (χ4n) is 3.13. The number of urea groups is 1. The van der Waals surface area contributed by atoms with E-state index in [2.05, 4.69) is 9.38 Å². The van der Waals surface area contributed by atoms with Crippen LogP contribution in [-0.2, 0) is 21.7 Å². The Balaban J connectivity index is 1.97. The van der Waals surface area contributed by atoms with Gasteiger partial charge in [0, 0.05) is 19.0 Å². The molecular weight excluding hydrogens is 360 g/mol. The van der Waals surface area contributed by atoms with Gasteiger partial charge in [0.25, 0.3) is 0 Å². The first kappa shape index (κ1) is 17.1. The van der Waals surface area contributed by atoms with E-state index in [4.69, 9.17) is 15.1 Å². The monoisotopic (exact) mass is 374 g/mol. The second kappa shape index (κ2) is 5.68. The molecular formula is C11H14N6O7S. The van der Waals surface area contributed by atoms with E-state index in [0.717, 1.165) is 0 Å². The highest BCUT2D eigenvalue weighted by atomic mass is 32.3. The van der Waals surface area contributed by atoms with Crippen LogP contribution in [0.15, 0.2) is 6.20 Å². The SMILES string of the molecule is Cn1ncc2c1[C@@H](CC(=N)NC(=O)O)N1C[C@H]2N(OS(=O)(=O)O)C1=O. The largest absolute Gasteiger partial charge is 0.465 e. The average Bonchev–Trinajstić information content (AvgIpc) is 2.96. The maximum atomic E-state index is 12.5. The summed E-state index contributed by atoms with van der Waals surface area (Å²) in [6.45, 7) is 0.0397. The predicted octanol–water partition coefficient (Wildman–Crippen LogP) is -0.377. The number of rotatable bonds is 4. The van der Waals surface area contributed by atoms with Crippen LogP contribution in [0.5, 0.6) is 0 Å². The van der Waals surface area contributed by atoms with E-state index >= 15 is 0 Å². The van der Waals surface area contributed by atoms with Gasteiger partial charge in [0.2, 0.25) is 0 Å². The minimum atomic E-state index is -4.91. The van der Waals surface area contributed by atoms with Crippen molar-refractivity contribution in [2.75, 3.05) is 6.54 Å². The number of amidine groups is 1. The number of hydrogen-bond acceptors (Lipinski definition) is 7. The number of nitrogens with zero attached hydrogens (tertiary/aromatic N) is 4. The number of aromatic nitrogens is 2. The molecule has 3 heterocycles. The van der Waals surface area contributed by atoms with E-state index < -0.39 is 34.6 Å². The number of carbonyl (C=O) groups is 2. The molecule has 0 aromatic carbocycles. The number of carboxylic acid groups (broad SMARTS) is 1. The molecule has 136 valence electrons. The Morgan fingerprint density at radius 3 is 2.84 bits per heavy atom. The third-order valence-corrected chi connectivity index (χ3v) is 4.33. The summed E-state index contributed by atoms with van der Waals surface area (Å²) in [5.41, 5.74) is 1.00. The maximum absolute atomic E-state index is 12.5. The number of nitrogens with one attached hydrogen (secondary N) is 2. The predicted molar refractivity (Wildman–Crippen MR) is 78.8 cm³/mol. The van der Waals surface area contributed by atoms with Crippen LogP contribution >= 0.6 is 0 Å². The summed E-state index contributed by atoms with van der Waals surface area (Å²) >= 11 is 0. The number of carbonyl (C=O) groups excluding carboxylic acids is 1. The summed E-state index contributed by atoms with van der Waals surface area (Å²) in [5, 5.41) is 22.9. The molecule has 14 heteroatoms. The smallest absolute Gasteiger partial charge is 0.418 e. The average molecular weight is 374 g/mol. The lowest BCUT2D eigenvalue weighted by Crippen LogP contribution is -2.39. The van der Waals surface area contributed by atoms with Crippen LogP contribution in [-0.4, -0.2) is 62.3 Å². The number of hydroxylamine groups is 2. The zero-order chi connectivity index (χ0) is 18.5. The summed E-state index contributed by atoms with van der Waals surface area (Å²) in [6.07, 6.45) is -0.137. The zero-order valence-corrected chi connectivity index (χ0v) is 13.6. The van der Waals surface area contributed by atoms with E-state index in [9.17, 15) is 18.0 Å². The lowest BCUT2D eigenvalue weighted by molar-refractivity contribution is -0.0317. The van der Waals surface area contributed by atoms with Gasteiger partial charge in [-0.3, -0.25) is 20.0 Å². The fraction of sp³-hybridized carbons (Fsp3) is 0.455. The van der Waals surface area contributed by atoms with Gasteiger partial charge in [-0.05, 0) is 0 Å². The Bertz CT molecular complexity index is 864. The molecule has 2 aliphatic rings. The molecule has 4 N–H and O–H groups in total. The molecule has 13 nitrogen and oxygen atoms in total. The van der Waals surface area contributed by atoms with Crippen LogP contribution in [0.25, 0.3) is 0 Å². The minimum absolute atomic E-state index is 0.0397. The van der Waals surface area contributed by atoms with Crippen molar-refractivity contribution in [2.45, 2.75) is 18.5 Å². The summed E-state index contributed by atoms with van der Waals surface area (Å²) < 4.78 is 36.7. The molecule has 1 saturated heterocycles. The standard InChI is InChI=1S/C11H14N6O7S/c1-15-9-5(3-13-15)7-4-16(6(9)2-8(12)14-10(18)19)11(20)17(7)24-25(21,22)23/h3,6-7H,2,4H2,1H3,(H2,12,14)(H,18,19)(H,21,22,23)/t6-,7-/m1/s1. The summed E-state index contributed by atoms with van der Waals surface area (Å²) in [5.74, 6) is -0.343. The fourth-order valence-corrected chi connectivity index (χ4v) is 3.50. The van der Waals surface area contributed by atoms with E-state index in [1.807, 2.05) is 5.32 Å². The Hall–Kier alpha value is -2.71. The Morgan fingerprint density at radius 2 is 2.24 bits per heavy atom. The van der Waals surface area contributed by atoms with Crippen molar-refractivity contribution in [3.8, 4) is 0 Å². The molecule has 0 radical (unpaired) electrons. The first-order valence-electron chi connectivity index (χ1n) is 6.94. The van der Waals surface area contributed by atoms with Crippen molar-refractivity contribution in [1.82, 2.24) is 25.1 Å². The lowest BCUT2D eigenvalue weighted by atomic mass is 9.95. The van der Waals surface area contributed by atoms with Crippen LogP contribution < -0.4 is 5.32 Å². The van der Waals surface area contributed by atoms with Crippen molar-refractivity contribution in [3.63, 3.8) is 0 Å². The number of hydrogen-bond donors (Lipinski definition) is 4. The van der Waals surface area contributed by atoms with Gasteiger partial charge in [-0.2, -0.15) is 18.6 Å². The second-order valence-corrected chi connectivity index (χ2v) is 6.52. The van der Waals surface area contributed by atoms with E-state index in [-0.39, 0.29) is 18.8 Å². The van der Waals surface area contributed by atoms with Gasteiger partial charge >= 0.3 is 22.5 Å². The summed E-state index contributed by atoms with van der Waals surface area (Å²) in [7, 11) is -3.31. The van der Waals surface area contributed by atoms with Crippen LogP contribution in [0.3, 0.4) is 0 Å². The van der Waals surface area contributed by atoms with Gasteiger partial charge in [0.05, 0.1) is 24.5 Å². The molecule has 2 atom stereocenters. The molecule has 1 aromatic rings. The number of fused-ring (bicyclic) bond motifs is 4. The van der Waals surface area contributed by atoms with Crippen LogP contribution in [0, 0.1) is 5.41 Å².